The molecule has 23 heavy (non-hydrogen) atoms. The molecule has 0 amide bonds. The molecule has 2 rings (SSSR count). The van der Waals surface area contributed by atoms with Crippen molar-refractivity contribution in [1.29, 1.82) is 0 Å². The molecule has 0 radical (unpaired) electrons. The van der Waals surface area contributed by atoms with Gasteiger partial charge in [0.15, 0.2) is 11.5 Å². The average molecular weight is 318 g/mol. The first-order valence-corrected chi connectivity index (χ1v) is 6.21. The van der Waals surface area contributed by atoms with Crippen LogP contribution < -0.4 is 9.47 Å². The monoisotopic (exact) mass is 318 g/mol. The number of hydrogen-bond acceptors (Lipinski definition) is 7. The topological polar surface area (TPSA) is 122 Å². The highest BCUT2D eigenvalue weighted by atomic mass is 16.6. The Labute approximate surface area is 129 Å². The van der Waals surface area contributed by atoms with Gasteiger partial charge in [-0.05, 0) is 18.2 Å². The minimum absolute atomic E-state index is 0.0594. The number of carbonyl (C=O) groups is 1. The second-order valence-corrected chi connectivity index (χ2v) is 4.29. The summed E-state index contributed by atoms with van der Waals surface area (Å²) in [6, 6.07) is 8.33. The molecule has 0 spiro atoms. The fraction of sp³-hybridized carbons (Fsp3) is 0.0714. The van der Waals surface area contributed by atoms with Crippen molar-refractivity contribution in [3.05, 3.63) is 68.3 Å². The number of hydrogen-bond donors (Lipinski definition) is 0. The predicted molar refractivity (Wildman–Crippen MR) is 77.7 cm³/mol. The van der Waals surface area contributed by atoms with Gasteiger partial charge in [-0.3, -0.25) is 20.2 Å². The summed E-state index contributed by atoms with van der Waals surface area (Å²) in [5.41, 5.74) is -0.379. The number of methoxy groups -OCH3 is 1. The van der Waals surface area contributed by atoms with E-state index in [2.05, 4.69) is 0 Å². The Hall–Kier alpha value is -3.49. The molecule has 9 nitrogen and oxygen atoms in total. The molecule has 2 aromatic rings. The molecule has 0 aliphatic heterocycles. The van der Waals surface area contributed by atoms with Crippen molar-refractivity contribution in [2.75, 3.05) is 7.11 Å². The lowest BCUT2D eigenvalue weighted by Crippen LogP contribution is -2.09. The molecule has 0 N–H and O–H groups in total. The molecule has 0 bridgehead atoms. The SMILES string of the molecule is COc1ccc([N+](=O)[O-])cc1OC(=O)c1ccc([N+](=O)[O-])cc1. The van der Waals surface area contributed by atoms with E-state index in [4.69, 9.17) is 9.47 Å². The summed E-state index contributed by atoms with van der Waals surface area (Å²) in [6.45, 7) is 0. The molecule has 0 saturated heterocycles. The van der Waals surface area contributed by atoms with Crippen molar-refractivity contribution in [2.24, 2.45) is 0 Å². The molecule has 0 aliphatic carbocycles. The lowest BCUT2D eigenvalue weighted by Gasteiger charge is -2.08. The van der Waals surface area contributed by atoms with E-state index in [0.29, 0.717) is 0 Å². The largest absolute Gasteiger partial charge is 0.493 e. The van der Waals surface area contributed by atoms with Crippen LogP contribution >= 0.6 is 0 Å². The van der Waals surface area contributed by atoms with Gasteiger partial charge >= 0.3 is 5.97 Å². The van der Waals surface area contributed by atoms with Gasteiger partial charge in [-0.15, -0.1) is 0 Å². The summed E-state index contributed by atoms with van der Waals surface area (Å²) in [5, 5.41) is 21.3. The van der Waals surface area contributed by atoms with Crippen LogP contribution in [0.1, 0.15) is 10.4 Å². The highest BCUT2D eigenvalue weighted by molar-refractivity contribution is 5.91. The Morgan fingerprint density at radius 2 is 1.48 bits per heavy atom. The Morgan fingerprint density at radius 3 is 2.00 bits per heavy atom. The number of rotatable bonds is 5. The highest BCUT2D eigenvalue weighted by Gasteiger charge is 2.17. The van der Waals surface area contributed by atoms with Crippen LogP contribution in [-0.4, -0.2) is 22.9 Å². The van der Waals surface area contributed by atoms with Crippen molar-refractivity contribution >= 4 is 17.3 Å². The zero-order valence-electron chi connectivity index (χ0n) is 11.8. The number of nitro benzene ring substituents is 2. The summed E-state index contributed by atoms with van der Waals surface area (Å²) in [4.78, 5) is 32.1. The van der Waals surface area contributed by atoms with Crippen molar-refractivity contribution in [1.82, 2.24) is 0 Å². The molecule has 0 saturated carbocycles. The highest BCUT2D eigenvalue weighted by Crippen LogP contribution is 2.31. The van der Waals surface area contributed by atoms with Gasteiger partial charge in [0, 0.05) is 18.2 Å². The van der Waals surface area contributed by atoms with Crippen LogP contribution in [0.15, 0.2) is 42.5 Å². The minimum atomic E-state index is -0.821. The first kappa shape index (κ1) is 15.9. The smallest absolute Gasteiger partial charge is 0.343 e. The van der Waals surface area contributed by atoms with Crippen LogP contribution in [0, 0.1) is 20.2 Å². The van der Waals surface area contributed by atoms with Gasteiger partial charge in [0.2, 0.25) is 0 Å². The fourth-order valence-electron chi connectivity index (χ4n) is 1.74. The van der Waals surface area contributed by atoms with Crippen molar-refractivity contribution in [2.45, 2.75) is 0 Å². The zero-order chi connectivity index (χ0) is 17.0. The first-order valence-electron chi connectivity index (χ1n) is 6.21. The zero-order valence-corrected chi connectivity index (χ0v) is 11.8. The minimum Gasteiger partial charge on any atom is -0.493 e. The number of esters is 1. The second-order valence-electron chi connectivity index (χ2n) is 4.29. The molecule has 118 valence electrons. The van der Waals surface area contributed by atoms with E-state index < -0.39 is 15.8 Å². The molecule has 0 atom stereocenters. The normalized spacial score (nSPS) is 9.96. The Morgan fingerprint density at radius 1 is 0.913 bits per heavy atom. The summed E-state index contributed by atoms with van der Waals surface area (Å²) in [7, 11) is 1.32. The molecule has 0 aliphatic rings. The number of carbonyl (C=O) groups excluding carboxylic acids is 1. The number of non-ortho nitro benzene ring substituents is 2. The molecule has 0 unspecified atom stereocenters. The predicted octanol–water partition coefficient (Wildman–Crippen LogP) is 2.73. The quantitative estimate of drug-likeness (QED) is 0.359. The van der Waals surface area contributed by atoms with Gasteiger partial charge in [0.05, 0.1) is 28.6 Å². The van der Waals surface area contributed by atoms with Crippen LogP contribution in [-0.2, 0) is 0 Å². The molecule has 2 aromatic carbocycles. The third-order valence-electron chi connectivity index (χ3n) is 2.87. The summed E-state index contributed by atoms with van der Waals surface area (Å²) >= 11 is 0. The van der Waals surface area contributed by atoms with Crippen LogP contribution in [0.2, 0.25) is 0 Å². The molecular weight excluding hydrogens is 308 g/mol. The lowest BCUT2D eigenvalue weighted by molar-refractivity contribution is -0.385. The number of nitrogens with zero attached hydrogens (tertiary/aromatic N) is 2. The van der Waals surface area contributed by atoms with Crippen molar-refractivity contribution < 1.29 is 24.1 Å². The number of nitro groups is 2. The van der Waals surface area contributed by atoms with Gasteiger partial charge in [0.25, 0.3) is 11.4 Å². The van der Waals surface area contributed by atoms with E-state index in [-0.39, 0.29) is 28.4 Å². The van der Waals surface area contributed by atoms with Crippen LogP contribution in [0.5, 0.6) is 11.5 Å². The number of benzene rings is 2. The van der Waals surface area contributed by atoms with Gasteiger partial charge in [-0.1, -0.05) is 0 Å². The third-order valence-corrected chi connectivity index (χ3v) is 2.87. The third kappa shape index (κ3) is 3.59. The van der Waals surface area contributed by atoms with Crippen LogP contribution in [0.4, 0.5) is 11.4 Å². The Bertz CT molecular complexity index is 771. The molecular formula is C14H10N2O7. The first-order chi connectivity index (χ1) is 10.9. The maximum atomic E-state index is 12.0. The molecule has 0 heterocycles. The van der Waals surface area contributed by atoms with E-state index >= 15 is 0 Å². The van der Waals surface area contributed by atoms with E-state index in [0.717, 1.165) is 18.2 Å². The maximum Gasteiger partial charge on any atom is 0.343 e. The number of ether oxygens (including phenoxy) is 2. The Balaban J connectivity index is 2.26. The fourth-order valence-corrected chi connectivity index (χ4v) is 1.74. The van der Waals surface area contributed by atoms with Crippen LogP contribution in [0.25, 0.3) is 0 Å². The van der Waals surface area contributed by atoms with Gasteiger partial charge in [-0.25, -0.2) is 4.79 Å². The van der Waals surface area contributed by atoms with Gasteiger partial charge < -0.3 is 9.47 Å². The van der Waals surface area contributed by atoms with E-state index in [9.17, 15) is 25.0 Å². The Kier molecular flexibility index (Phi) is 4.50. The average Bonchev–Trinajstić information content (AvgIpc) is 2.54. The standard InChI is InChI=1S/C14H10N2O7/c1-22-12-7-6-11(16(20)21)8-13(12)23-14(17)9-2-4-10(5-3-9)15(18)19/h2-8H,1H3. The molecule has 9 heteroatoms. The molecule has 0 aromatic heterocycles. The van der Waals surface area contributed by atoms with Crippen molar-refractivity contribution in [3.63, 3.8) is 0 Å². The van der Waals surface area contributed by atoms with E-state index in [1.54, 1.807) is 0 Å². The lowest BCUT2D eigenvalue weighted by atomic mass is 10.2. The maximum absolute atomic E-state index is 12.0. The van der Waals surface area contributed by atoms with Crippen molar-refractivity contribution in [3.8, 4) is 11.5 Å². The molecule has 0 fully saturated rings. The van der Waals surface area contributed by atoms with E-state index in [1.807, 2.05) is 0 Å². The van der Waals surface area contributed by atoms with Gasteiger partial charge in [0.1, 0.15) is 0 Å². The van der Waals surface area contributed by atoms with E-state index in [1.165, 1.54) is 31.4 Å². The summed E-state index contributed by atoms with van der Waals surface area (Å²) in [6.07, 6.45) is 0. The second kappa shape index (κ2) is 6.52. The van der Waals surface area contributed by atoms with Crippen LogP contribution in [0.3, 0.4) is 0 Å². The summed E-state index contributed by atoms with van der Waals surface area (Å²) < 4.78 is 10.1. The summed E-state index contributed by atoms with van der Waals surface area (Å²) in [5.74, 6) is -0.797. The van der Waals surface area contributed by atoms with Gasteiger partial charge in [-0.2, -0.15) is 0 Å².